The number of fused-ring (bicyclic) bond motifs is 1. The van der Waals surface area contributed by atoms with Gasteiger partial charge in [-0.15, -0.1) is 0 Å². The first-order valence-electron chi connectivity index (χ1n) is 10.4. The lowest BCUT2D eigenvalue weighted by atomic mass is 10.1. The van der Waals surface area contributed by atoms with E-state index in [0.29, 0.717) is 23.7 Å². The summed E-state index contributed by atoms with van der Waals surface area (Å²) in [6.07, 6.45) is 1.57. The van der Waals surface area contributed by atoms with Crippen LogP contribution >= 0.6 is 0 Å². The van der Waals surface area contributed by atoms with Crippen molar-refractivity contribution < 1.29 is 19.0 Å². The number of nitrogens with zero attached hydrogens (tertiary/aromatic N) is 1. The number of nitrogens with one attached hydrogen (secondary N) is 1. The molecule has 0 aliphatic carbocycles. The normalized spacial score (nSPS) is 10.8. The van der Waals surface area contributed by atoms with Crippen LogP contribution < -0.4 is 19.6 Å². The van der Waals surface area contributed by atoms with Crippen molar-refractivity contribution in [3.05, 3.63) is 102 Å². The first-order chi connectivity index (χ1) is 16.2. The summed E-state index contributed by atoms with van der Waals surface area (Å²) in [5.74, 6) is 1.35. The van der Waals surface area contributed by atoms with Gasteiger partial charge in [0.1, 0.15) is 23.9 Å². The van der Waals surface area contributed by atoms with Crippen molar-refractivity contribution in [1.29, 1.82) is 0 Å². The van der Waals surface area contributed by atoms with E-state index in [1.165, 1.54) is 17.9 Å². The first kappa shape index (κ1) is 21.9. The van der Waals surface area contributed by atoms with Crippen molar-refractivity contribution in [2.75, 3.05) is 14.2 Å². The highest BCUT2D eigenvalue weighted by Crippen LogP contribution is 2.24. The molecule has 1 N–H and O–H groups in total. The quantitative estimate of drug-likeness (QED) is 0.302. The number of carbonyl (C=O) groups excluding carboxylic acids is 1. The van der Waals surface area contributed by atoms with Gasteiger partial charge in [-0.3, -0.25) is 4.79 Å². The molecule has 6 heteroatoms. The third-order valence-electron chi connectivity index (χ3n) is 5.17. The maximum atomic E-state index is 12.5. The zero-order chi connectivity index (χ0) is 23.0. The standard InChI is InChI=1S/C27H24N2O4/c1-31-22-13-14-25(26(16-22)32-2)27(30)29-28-17-19-7-5-11-23(15-19)33-18-21-10-6-9-20-8-3-4-12-24(20)21/h3-17H,18H2,1-2H3,(H,29,30)/b28-17-. The number of carbonyl (C=O) groups is 1. The lowest BCUT2D eigenvalue weighted by Crippen LogP contribution is -2.18. The fourth-order valence-corrected chi connectivity index (χ4v) is 3.48. The Labute approximate surface area is 192 Å². The topological polar surface area (TPSA) is 69.2 Å². The van der Waals surface area contributed by atoms with Crippen LogP contribution in [0, 0.1) is 0 Å². The molecule has 0 bridgehead atoms. The average molecular weight is 440 g/mol. The van der Waals surface area contributed by atoms with E-state index in [1.807, 2.05) is 42.5 Å². The van der Waals surface area contributed by atoms with Gasteiger partial charge in [-0.1, -0.05) is 54.6 Å². The van der Waals surface area contributed by atoms with Crippen LogP contribution in [0.1, 0.15) is 21.5 Å². The molecule has 0 radical (unpaired) electrons. The maximum Gasteiger partial charge on any atom is 0.275 e. The predicted molar refractivity (Wildman–Crippen MR) is 129 cm³/mol. The molecule has 0 aromatic heterocycles. The fraction of sp³-hybridized carbons (Fsp3) is 0.111. The van der Waals surface area contributed by atoms with Crippen LogP contribution in [0.5, 0.6) is 17.2 Å². The van der Waals surface area contributed by atoms with E-state index in [2.05, 4.69) is 34.8 Å². The van der Waals surface area contributed by atoms with Gasteiger partial charge in [-0.25, -0.2) is 5.43 Å². The molecule has 166 valence electrons. The summed E-state index contributed by atoms with van der Waals surface area (Å²) in [5.41, 5.74) is 4.81. The molecule has 0 fully saturated rings. The van der Waals surface area contributed by atoms with Gasteiger partial charge in [0.05, 0.1) is 26.0 Å². The second-order valence-corrected chi connectivity index (χ2v) is 7.26. The van der Waals surface area contributed by atoms with Crippen molar-refractivity contribution in [1.82, 2.24) is 5.43 Å². The molecule has 4 rings (SSSR count). The van der Waals surface area contributed by atoms with Crippen LogP contribution in [-0.4, -0.2) is 26.3 Å². The Morgan fingerprint density at radius 1 is 0.879 bits per heavy atom. The fourth-order valence-electron chi connectivity index (χ4n) is 3.48. The van der Waals surface area contributed by atoms with E-state index >= 15 is 0 Å². The van der Waals surface area contributed by atoms with Crippen LogP contribution in [0.2, 0.25) is 0 Å². The molecule has 6 nitrogen and oxygen atoms in total. The smallest absolute Gasteiger partial charge is 0.275 e. The second kappa shape index (κ2) is 10.3. The number of hydrazone groups is 1. The zero-order valence-corrected chi connectivity index (χ0v) is 18.4. The number of benzene rings is 4. The van der Waals surface area contributed by atoms with E-state index in [4.69, 9.17) is 14.2 Å². The summed E-state index contributed by atoms with van der Waals surface area (Å²) in [4.78, 5) is 12.5. The molecule has 0 unspecified atom stereocenters. The van der Waals surface area contributed by atoms with Gasteiger partial charge in [-0.2, -0.15) is 5.10 Å². The van der Waals surface area contributed by atoms with Crippen molar-refractivity contribution in [3.8, 4) is 17.2 Å². The molecule has 0 atom stereocenters. The van der Waals surface area contributed by atoms with E-state index in [0.717, 1.165) is 16.9 Å². The molecule has 0 heterocycles. The molecule has 0 saturated carbocycles. The molecule has 4 aromatic carbocycles. The summed E-state index contributed by atoms with van der Waals surface area (Å²) < 4.78 is 16.4. The molecular weight excluding hydrogens is 416 g/mol. The van der Waals surface area contributed by atoms with Gasteiger partial charge < -0.3 is 14.2 Å². The van der Waals surface area contributed by atoms with E-state index in [-0.39, 0.29) is 5.91 Å². The number of hydrogen-bond acceptors (Lipinski definition) is 5. The Kier molecular flexibility index (Phi) is 6.85. The number of rotatable bonds is 8. The minimum absolute atomic E-state index is 0.364. The predicted octanol–water partition coefficient (Wildman–Crippen LogP) is 5.20. The molecule has 1 amide bonds. The number of ether oxygens (including phenoxy) is 3. The number of amides is 1. The van der Waals surface area contributed by atoms with Gasteiger partial charge in [0.2, 0.25) is 0 Å². The van der Waals surface area contributed by atoms with E-state index < -0.39 is 0 Å². The highest BCUT2D eigenvalue weighted by molar-refractivity contribution is 5.97. The summed E-state index contributed by atoms with van der Waals surface area (Å²) in [5, 5.41) is 6.43. The third kappa shape index (κ3) is 5.30. The first-order valence-corrected chi connectivity index (χ1v) is 10.4. The van der Waals surface area contributed by atoms with Crippen LogP contribution in [0.25, 0.3) is 10.8 Å². The molecule has 33 heavy (non-hydrogen) atoms. The number of methoxy groups -OCH3 is 2. The minimum atomic E-state index is -0.380. The minimum Gasteiger partial charge on any atom is -0.497 e. The number of hydrogen-bond donors (Lipinski definition) is 1. The molecule has 4 aromatic rings. The van der Waals surface area contributed by atoms with Crippen LogP contribution in [0.15, 0.2) is 90.0 Å². The highest BCUT2D eigenvalue weighted by atomic mass is 16.5. The van der Waals surface area contributed by atoms with Gasteiger partial charge in [0.15, 0.2) is 0 Å². The maximum absolute atomic E-state index is 12.5. The Morgan fingerprint density at radius 3 is 2.55 bits per heavy atom. The molecule has 0 aliphatic heterocycles. The highest BCUT2D eigenvalue weighted by Gasteiger charge is 2.12. The lowest BCUT2D eigenvalue weighted by molar-refractivity contribution is 0.0952. The van der Waals surface area contributed by atoms with Crippen molar-refractivity contribution in [3.63, 3.8) is 0 Å². The Morgan fingerprint density at radius 2 is 1.70 bits per heavy atom. The Hall–Kier alpha value is -4.32. The third-order valence-corrected chi connectivity index (χ3v) is 5.17. The van der Waals surface area contributed by atoms with E-state index in [9.17, 15) is 4.79 Å². The van der Waals surface area contributed by atoms with Crippen molar-refractivity contribution in [2.45, 2.75) is 6.61 Å². The van der Waals surface area contributed by atoms with Gasteiger partial charge >= 0.3 is 0 Å². The summed E-state index contributed by atoms with van der Waals surface area (Å²) in [7, 11) is 3.05. The SMILES string of the molecule is COc1ccc(C(=O)N/N=C\c2cccc(OCc3cccc4ccccc34)c2)c(OC)c1. The summed E-state index contributed by atoms with van der Waals surface area (Å²) in [6.45, 7) is 0.454. The van der Waals surface area contributed by atoms with Crippen molar-refractivity contribution >= 4 is 22.9 Å². The molecular formula is C27H24N2O4. The molecule has 0 spiro atoms. The van der Waals surface area contributed by atoms with Crippen LogP contribution in [0.4, 0.5) is 0 Å². The zero-order valence-electron chi connectivity index (χ0n) is 18.4. The van der Waals surface area contributed by atoms with Crippen LogP contribution in [-0.2, 0) is 6.61 Å². The Balaban J connectivity index is 1.40. The molecule has 0 aliphatic rings. The summed E-state index contributed by atoms with van der Waals surface area (Å²) >= 11 is 0. The van der Waals surface area contributed by atoms with Crippen molar-refractivity contribution in [2.24, 2.45) is 5.10 Å². The van der Waals surface area contributed by atoms with Gasteiger partial charge in [-0.05, 0) is 46.2 Å². The molecule has 0 saturated heterocycles. The van der Waals surface area contributed by atoms with E-state index in [1.54, 1.807) is 31.5 Å². The second-order valence-electron chi connectivity index (χ2n) is 7.26. The van der Waals surface area contributed by atoms with Crippen LogP contribution in [0.3, 0.4) is 0 Å². The summed E-state index contributed by atoms with van der Waals surface area (Å²) in [6, 6.07) is 26.9. The lowest BCUT2D eigenvalue weighted by Gasteiger charge is -2.10. The Bertz CT molecular complexity index is 1300. The largest absolute Gasteiger partial charge is 0.497 e. The van der Waals surface area contributed by atoms with Gasteiger partial charge in [0.25, 0.3) is 5.91 Å². The van der Waals surface area contributed by atoms with Gasteiger partial charge in [0, 0.05) is 6.07 Å². The average Bonchev–Trinajstić information content (AvgIpc) is 2.87. The monoisotopic (exact) mass is 440 g/mol.